The maximum atomic E-state index is 11.0. The van der Waals surface area contributed by atoms with Crippen LogP contribution in [0.1, 0.15) is 0 Å². The Morgan fingerprint density at radius 3 is 2.19 bits per heavy atom. The summed E-state index contributed by atoms with van der Waals surface area (Å²) in [6, 6.07) is 15.2. The van der Waals surface area contributed by atoms with Crippen molar-refractivity contribution in [1.82, 2.24) is 4.98 Å². The summed E-state index contributed by atoms with van der Waals surface area (Å²) in [4.78, 5) is 4.01. The molecule has 0 aliphatic rings. The van der Waals surface area contributed by atoms with E-state index in [2.05, 4.69) is 4.98 Å². The van der Waals surface area contributed by atoms with Gasteiger partial charge in [0, 0.05) is 11.1 Å². The summed E-state index contributed by atoms with van der Waals surface area (Å²) >= 11 is 0. The number of rotatable bonds is 3. The summed E-state index contributed by atoms with van der Waals surface area (Å²) in [5, 5.41) is 0. The van der Waals surface area contributed by atoms with Crippen LogP contribution in [0.15, 0.2) is 70.1 Å². The third-order valence-electron chi connectivity index (χ3n) is 2.96. The van der Waals surface area contributed by atoms with Gasteiger partial charge in [-0.05, 0) is 24.3 Å². The van der Waals surface area contributed by atoms with E-state index in [1.165, 1.54) is 24.3 Å². The van der Waals surface area contributed by atoms with Gasteiger partial charge in [-0.1, -0.05) is 30.3 Å². The number of nitrogens with zero attached hydrogens (tertiary/aromatic N) is 1. The van der Waals surface area contributed by atoms with Crippen molar-refractivity contribution in [2.75, 3.05) is 0 Å². The molecule has 0 atom stereocenters. The van der Waals surface area contributed by atoms with Crippen molar-refractivity contribution in [3.8, 4) is 22.8 Å². The highest BCUT2D eigenvalue weighted by atomic mass is 32.2. The van der Waals surface area contributed by atoms with Crippen molar-refractivity contribution in [3.05, 3.63) is 60.8 Å². The maximum absolute atomic E-state index is 11.0. The van der Waals surface area contributed by atoms with Crippen molar-refractivity contribution >= 4 is 10.1 Å². The molecule has 106 valence electrons. The van der Waals surface area contributed by atoms with Crippen molar-refractivity contribution in [2.45, 2.75) is 4.90 Å². The first-order chi connectivity index (χ1) is 10.0. The van der Waals surface area contributed by atoms with Crippen molar-refractivity contribution in [1.29, 1.82) is 0 Å². The monoisotopic (exact) mass is 301 g/mol. The smallest absolute Gasteiger partial charge is 0.294 e. The fourth-order valence-corrected chi connectivity index (χ4v) is 2.39. The lowest BCUT2D eigenvalue weighted by Crippen LogP contribution is -1.97. The molecule has 0 saturated heterocycles. The largest absolute Gasteiger partial charge is 0.436 e. The summed E-state index contributed by atoms with van der Waals surface area (Å²) in [5.74, 6) is 1.01. The van der Waals surface area contributed by atoms with Crippen LogP contribution in [0, 0.1) is 0 Å². The molecule has 2 aromatic carbocycles. The second-order valence-electron chi connectivity index (χ2n) is 4.40. The van der Waals surface area contributed by atoms with Crippen molar-refractivity contribution in [2.24, 2.45) is 0 Å². The van der Waals surface area contributed by atoms with Crippen LogP contribution in [0.2, 0.25) is 0 Å². The quantitative estimate of drug-likeness (QED) is 0.751. The molecule has 5 nitrogen and oxygen atoms in total. The van der Waals surface area contributed by atoms with E-state index in [-0.39, 0.29) is 4.90 Å². The SMILES string of the molecule is O=S(=O)(O)c1ccc(-c2ncc(-c3ccccc3)o2)cc1. The fraction of sp³-hybridized carbons (Fsp3) is 0. The van der Waals surface area contributed by atoms with Gasteiger partial charge >= 0.3 is 0 Å². The van der Waals surface area contributed by atoms with Crippen LogP contribution in [0.3, 0.4) is 0 Å². The number of hydrogen-bond donors (Lipinski definition) is 1. The van der Waals surface area contributed by atoms with E-state index >= 15 is 0 Å². The van der Waals surface area contributed by atoms with Gasteiger partial charge in [-0.2, -0.15) is 8.42 Å². The molecule has 0 radical (unpaired) electrons. The summed E-state index contributed by atoms with van der Waals surface area (Å²) in [6.07, 6.45) is 1.61. The van der Waals surface area contributed by atoms with E-state index in [1.54, 1.807) is 6.20 Å². The highest BCUT2D eigenvalue weighted by Gasteiger charge is 2.12. The molecule has 0 unspecified atom stereocenters. The first-order valence-corrected chi connectivity index (χ1v) is 7.57. The van der Waals surface area contributed by atoms with Crippen LogP contribution in [0.5, 0.6) is 0 Å². The first kappa shape index (κ1) is 13.5. The van der Waals surface area contributed by atoms with Gasteiger partial charge in [0.05, 0.1) is 11.1 Å². The molecule has 0 saturated carbocycles. The Morgan fingerprint density at radius 1 is 0.905 bits per heavy atom. The van der Waals surface area contributed by atoms with Gasteiger partial charge in [0.25, 0.3) is 10.1 Å². The second kappa shape index (κ2) is 5.16. The minimum atomic E-state index is -4.19. The van der Waals surface area contributed by atoms with E-state index in [0.717, 1.165) is 5.56 Å². The molecule has 0 bridgehead atoms. The zero-order chi connectivity index (χ0) is 14.9. The Balaban J connectivity index is 1.94. The Hall–Kier alpha value is -2.44. The normalized spacial score (nSPS) is 11.5. The summed E-state index contributed by atoms with van der Waals surface area (Å²) in [6.45, 7) is 0. The van der Waals surface area contributed by atoms with Crippen molar-refractivity contribution < 1.29 is 17.4 Å². The molecule has 3 aromatic rings. The van der Waals surface area contributed by atoms with Crippen LogP contribution in [0.4, 0.5) is 0 Å². The van der Waals surface area contributed by atoms with E-state index < -0.39 is 10.1 Å². The number of benzene rings is 2. The zero-order valence-electron chi connectivity index (χ0n) is 10.8. The second-order valence-corrected chi connectivity index (χ2v) is 5.82. The van der Waals surface area contributed by atoms with Gasteiger partial charge < -0.3 is 4.42 Å². The average Bonchev–Trinajstić information content (AvgIpc) is 2.97. The zero-order valence-corrected chi connectivity index (χ0v) is 11.6. The lowest BCUT2D eigenvalue weighted by molar-refractivity contribution is 0.483. The van der Waals surface area contributed by atoms with Crippen LogP contribution in [-0.2, 0) is 10.1 Å². The number of aromatic nitrogens is 1. The Kier molecular flexibility index (Phi) is 3.32. The molecule has 0 aliphatic heterocycles. The third kappa shape index (κ3) is 2.86. The minimum absolute atomic E-state index is 0.166. The van der Waals surface area contributed by atoms with Gasteiger partial charge in [-0.25, -0.2) is 4.98 Å². The molecule has 3 rings (SSSR count). The molecule has 1 aromatic heterocycles. The summed E-state index contributed by atoms with van der Waals surface area (Å²) in [5.41, 5.74) is 1.54. The van der Waals surface area contributed by atoms with E-state index in [4.69, 9.17) is 8.97 Å². The molecule has 6 heteroatoms. The number of hydrogen-bond acceptors (Lipinski definition) is 4. The molecule has 21 heavy (non-hydrogen) atoms. The van der Waals surface area contributed by atoms with Crippen LogP contribution < -0.4 is 0 Å². The van der Waals surface area contributed by atoms with Gasteiger partial charge in [-0.3, -0.25) is 4.55 Å². The molecule has 0 fully saturated rings. The molecule has 1 heterocycles. The molecule has 1 N–H and O–H groups in total. The molecular formula is C15H11NO4S. The highest BCUT2D eigenvalue weighted by Crippen LogP contribution is 2.26. The Bertz CT molecular complexity index is 852. The number of oxazole rings is 1. The predicted molar refractivity (Wildman–Crippen MR) is 77.2 cm³/mol. The van der Waals surface area contributed by atoms with Gasteiger partial charge in [0.1, 0.15) is 0 Å². The first-order valence-electron chi connectivity index (χ1n) is 6.13. The van der Waals surface area contributed by atoms with Gasteiger partial charge in [-0.15, -0.1) is 0 Å². The Labute approximate surface area is 121 Å². The van der Waals surface area contributed by atoms with E-state index in [9.17, 15) is 8.42 Å². The third-order valence-corrected chi connectivity index (χ3v) is 3.83. The van der Waals surface area contributed by atoms with Crippen LogP contribution >= 0.6 is 0 Å². The highest BCUT2D eigenvalue weighted by molar-refractivity contribution is 7.85. The van der Waals surface area contributed by atoms with E-state index in [1.807, 2.05) is 30.3 Å². The topological polar surface area (TPSA) is 80.4 Å². The molecular weight excluding hydrogens is 290 g/mol. The lowest BCUT2D eigenvalue weighted by Gasteiger charge is -1.99. The minimum Gasteiger partial charge on any atom is -0.436 e. The van der Waals surface area contributed by atoms with Crippen LogP contribution in [0.25, 0.3) is 22.8 Å². The van der Waals surface area contributed by atoms with E-state index in [0.29, 0.717) is 17.2 Å². The molecule has 0 spiro atoms. The van der Waals surface area contributed by atoms with Gasteiger partial charge in [0.2, 0.25) is 5.89 Å². The van der Waals surface area contributed by atoms with Crippen LogP contribution in [-0.4, -0.2) is 18.0 Å². The summed E-state index contributed by atoms with van der Waals surface area (Å²) < 4.78 is 36.6. The fourth-order valence-electron chi connectivity index (χ4n) is 1.91. The average molecular weight is 301 g/mol. The van der Waals surface area contributed by atoms with Crippen molar-refractivity contribution in [3.63, 3.8) is 0 Å². The predicted octanol–water partition coefficient (Wildman–Crippen LogP) is 3.26. The van der Waals surface area contributed by atoms with Gasteiger partial charge in [0.15, 0.2) is 5.76 Å². The molecule has 0 amide bonds. The summed E-state index contributed by atoms with van der Waals surface area (Å²) in [7, 11) is -4.19. The Morgan fingerprint density at radius 2 is 1.57 bits per heavy atom. The lowest BCUT2D eigenvalue weighted by atomic mass is 10.2. The maximum Gasteiger partial charge on any atom is 0.294 e. The standard InChI is InChI=1S/C15H11NO4S/c17-21(18,19)13-8-6-12(7-9-13)15-16-10-14(20-15)11-4-2-1-3-5-11/h1-10H,(H,17,18,19). The molecule has 0 aliphatic carbocycles.